The number of thioether (sulfide) groups is 1. The smallest absolute Gasteiger partial charge is 0.246 e. The third kappa shape index (κ3) is 15.6. The lowest BCUT2D eigenvalue weighted by Gasteiger charge is -2.28. The Morgan fingerprint density at radius 1 is 0.683 bits per heavy atom. The standard InChI is InChI=1S/C40H60N12O10S/c1-17(2)13-26-37(60)48-24(9-10-29(41)53)36(59)46-19(5)32(55)44-21(7)34(57)49-25(31(42)54)14-23-11-12-43-27(15-23)40-51-28(16-63-40)38(61)47-20(6)33(56)45-22(8)35(58)52-30(18(3)4)39(62)50-26/h11-12,15,17-22,24-26,28,30H,9-10,13-14,16H2,1-8H3,(H2,41,53)(H2,42,54)(H,44,55)(H,45,56)(H,46,59)(H,47,61)(H,48,60)(H,49,57)(H,50,62)(H,52,58)/t19-,20-,21-,22-,24-,25-,26-,28-,30-/m0/s1. The van der Waals surface area contributed by atoms with E-state index in [2.05, 4.69) is 52.5 Å². The zero-order valence-electron chi connectivity index (χ0n) is 36.7. The second-order valence-corrected chi connectivity index (χ2v) is 17.4. The number of hydrogen-bond donors (Lipinski definition) is 10. The molecule has 0 saturated carbocycles. The molecule has 0 aliphatic carbocycles. The first-order valence-corrected chi connectivity index (χ1v) is 21.6. The molecule has 23 heteroatoms. The van der Waals surface area contributed by atoms with Crippen molar-refractivity contribution >= 4 is 75.9 Å². The predicted octanol–water partition coefficient (Wildman–Crippen LogP) is -3.09. The summed E-state index contributed by atoms with van der Waals surface area (Å²) < 4.78 is 0. The number of rotatable bonds is 7. The van der Waals surface area contributed by atoms with Crippen LogP contribution in [-0.2, 0) is 54.4 Å². The molecule has 1 aromatic rings. The Morgan fingerprint density at radius 2 is 1.19 bits per heavy atom. The molecule has 2 aliphatic heterocycles. The minimum atomic E-state index is -1.42. The number of fused-ring (bicyclic) bond motifs is 4. The Bertz CT molecular complexity index is 1960. The van der Waals surface area contributed by atoms with Gasteiger partial charge in [-0.3, -0.25) is 57.9 Å². The number of pyridine rings is 1. The lowest BCUT2D eigenvalue weighted by molar-refractivity contribution is -0.136. The lowest BCUT2D eigenvalue weighted by Crippen LogP contribution is -2.60. The molecule has 22 nitrogen and oxygen atoms in total. The van der Waals surface area contributed by atoms with Crippen molar-refractivity contribution in [2.24, 2.45) is 28.3 Å². The van der Waals surface area contributed by atoms with Crippen molar-refractivity contribution in [1.29, 1.82) is 0 Å². The van der Waals surface area contributed by atoms with Crippen LogP contribution in [0.2, 0.25) is 0 Å². The van der Waals surface area contributed by atoms with E-state index in [0.29, 0.717) is 16.3 Å². The van der Waals surface area contributed by atoms with Crippen LogP contribution in [-0.4, -0.2) is 129 Å². The fourth-order valence-corrected chi connectivity index (χ4v) is 7.29. The van der Waals surface area contributed by atoms with Crippen LogP contribution >= 0.6 is 11.8 Å². The summed E-state index contributed by atoms with van der Waals surface area (Å²) in [5.41, 5.74) is 11.9. The number of nitrogens with two attached hydrogens (primary N) is 2. The Balaban J connectivity index is 1.97. The first-order valence-electron chi connectivity index (χ1n) is 20.6. The monoisotopic (exact) mass is 900 g/mol. The highest BCUT2D eigenvalue weighted by Crippen LogP contribution is 2.23. The molecule has 0 spiro atoms. The Kier molecular flexibility index (Phi) is 19.0. The summed E-state index contributed by atoms with van der Waals surface area (Å²) in [6, 6.07) is -7.56. The number of nitrogens with zero attached hydrogens (tertiary/aromatic N) is 2. The van der Waals surface area contributed by atoms with Crippen molar-refractivity contribution in [2.75, 3.05) is 5.75 Å². The normalized spacial score (nSPS) is 27.8. The van der Waals surface area contributed by atoms with E-state index in [4.69, 9.17) is 11.5 Å². The van der Waals surface area contributed by atoms with E-state index in [1.54, 1.807) is 39.8 Å². The lowest BCUT2D eigenvalue weighted by atomic mass is 9.99. The van der Waals surface area contributed by atoms with Crippen LogP contribution in [0.5, 0.6) is 0 Å². The fraction of sp³-hybridized carbons (Fsp3) is 0.600. The molecule has 9 atom stereocenters. The number of primary amides is 2. The zero-order chi connectivity index (χ0) is 47.3. The highest BCUT2D eigenvalue weighted by Gasteiger charge is 2.35. The third-order valence-electron chi connectivity index (χ3n) is 10.0. The molecule has 0 radical (unpaired) electrons. The molecule has 0 aromatic carbocycles. The number of carbonyl (C=O) groups is 10. The molecule has 10 amide bonds. The fourth-order valence-electron chi connectivity index (χ4n) is 6.29. The van der Waals surface area contributed by atoms with Gasteiger partial charge in [0.05, 0.1) is 5.69 Å². The highest BCUT2D eigenvalue weighted by atomic mass is 32.2. The molecule has 1 aromatic heterocycles. The largest absolute Gasteiger partial charge is 0.370 e. The van der Waals surface area contributed by atoms with Gasteiger partial charge < -0.3 is 54.0 Å². The predicted molar refractivity (Wildman–Crippen MR) is 231 cm³/mol. The molecular formula is C40H60N12O10S. The summed E-state index contributed by atoms with van der Waals surface area (Å²) >= 11 is 1.24. The molecule has 0 saturated heterocycles. The van der Waals surface area contributed by atoms with Crippen LogP contribution in [0.4, 0.5) is 0 Å². The second-order valence-electron chi connectivity index (χ2n) is 16.4. The summed E-state index contributed by atoms with van der Waals surface area (Å²) in [4.78, 5) is 140. The van der Waals surface area contributed by atoms with Gasteiger partial charge in [0.1, 0.15) is 59.4 Å². The van der Waals surface area contributed by atoms with Crippen LogP contribution in [0.1, 0.15) is 85.9 Å². The summed E-state index contributed by atoms with van der Waals surface area (Å²) in [5, 5.41) is 20.8. The van der Waals surface area contributed by atoms with E-state index in [9.17, 15) is 47.9 Å². The van der Waals surface area contributed by atoms with Gasteiger partial charge in [0.2, 0.25) is 59.1 Å². The third-order valence-corrected chi connectivity index (χ3v) is 11.1. The van der Waals surface area contributed by atoms with Crippen molar-refractivity contribution in [3.05, 3.63) is 29.6 Å². The number of carbonyl (C=O) groups excluding carboxylic acids is 10. The van der Waals surface area contributed by atoms with E-state index in [1.807, 2.05) is 0 Å². The molecule has 3 rings (SSSR count). The van der Waals surface area contributed by atoms with Crippen LogP contribution in [0.15, 0.2) is 23.3 Å². The number of nitrogens with one attached hydrogen (secondary N) is 8. The van der Waals surface area contributed by atoms with Gasteiger partial charge in [0, 0.05) is 24.8 Å². The summed E-state index contributed by atoms with van der Waals surface area (Å²) in [6.07, 6.45) is 0.847. The van der Waals surface area contributed by atoms with E-state index in [-0.39, 0.29) is 37.4 Å². The first-order chi connectivity index (χ1) is 29.5. The average Bonchev–Trinajstić information content (AvgIpc) is 3.70. The number of aromatic nitrogens is 1. The number of aliphatic imine (C=N–C) groups is 1. The average molecular weight is 901 g/mol. The van der Waals surface area contributed by atoms with Gasteiger partial charge in [-0.15, -0.1) is 11.8 Å². The van der Waals surface area contributed by atoms with Crippen LogP contribution < -0.4 is 54.0 Å². The molecule has 0 fully saturated rings. The molecular weight excluding hydrogens is 841 g/mol. The van der Waals surface area contributed by atoms with Gasteiger partial charge in [-0.2, -0.15) is 0 Å². The highest BCUT2D eigenvalue weighted by molar-refractivity contribution is 8.14. The van der Waals surface area contributed by atoms with Crippen molar-refractivity contribution in [3.63, 3.8) is 0 Å². The van der Waals surface area contributed by atoms with Crippen LogP contribution in [0.25, 0.3) is 0 Å². The van der Waals surface area contributed by atoms with E-state index in [1.165, 1.54) is 45.7 Å². The van der Waals surface area contributed by atoms with Gasteiger partial charge in [0.25, 0.3) is 0 Å². The SMILES string of the molecule is CC(C)C[C@@H]1NC(=O)[C@H](C(C)C)NC(=O)[C@H](C)NC(=O)[C@H](C)NC(=O)[C@@H]2CSC(=N2)c2cc(ccn2)C[C@@H](C(N)=O)NC(=O)[C@H](C)NC(=O)[C@H](C)NC(=O)[C@H](CCC(N)=O)NC1=O. The summed E-state index contributed by atoms with van der Waals surface area (Å²) in [6.45, 7) is 12.4. The van der Waals surface area contributed by atoms with E-state index < -0.39 is 119 Å². The molecule has 63 heavy (non-hydrogen) atoms. The van der Waals surface area contributed by atoms with Gasteiger partial charge >= 0.3 is 0 Å². The van der Waals surface area contributed by atoms with Crippen LogP contribution in [0, 0.1) is 11.8 Å². The van der Waals surface area contributed by atoms with E-state index >= 15 is 0 Å². The Morgan fingerprint density at radius 3 is 1.73 bits per heavy atom. The maximum atomic E-state index is 13.8. The molecule has 12 N–H and O–H groups in total. The van der Waals surface area contributed by atoms with E-state index in [0.717, 1.165) is 0 Å². The maximum Gasteiger partial charge on any atom is 0.246 e. The molecule has 346 valence electrons. The van der Waals surface area contributed by atoms with Crippen molar-refractivity contribution in [2.45, 2.75) is 135 Å². The van der Waals surface area contributed by atoms with Gasteiger partial charge in [-0.1, -0.05) is 27.7 Å². The maximum absolute atomic E-state index is 13.8. The minimum absolute atomic E-state index is 0.0765. The van der Waals surface area contributed by atoms with Crippen molar-refractivity contribution in [3.8, 4) is 0 Å². The topological polar surface area (TPSA) is 344 Å². The zero-order valence-corrected chi connectivity index (χ0v) is 37.5. The molecule has 2 aliphatic rings. The van der Waals surface area contributed by atoms with Crippen molar-refractivity contribution < 1.29 is 47.9 Å². The van der Waals surface area contributed by atoms with Gasteiger partial charge in [0.15, 0.2) is 0 Å². The minimum Gasteiger partial charge on any atom is -0.370 e. The van der Waals surface area contributed by atoms with Crippen LogP contribution in [0.3, 0.4) is 0 Å². The quantitative estimate of drug-likeness (QED) is 0.130. The summed E-state index contributed by atoms with van der Waals surface area (Å²) in [5.74, 6) is -8.12. The van der Waals surface area contributed by atoms with Gasteiger partial charge in [-0.05, 0) is 70.1 Å². The first kappa shape index (κ1) is 51.2. The second kappa shape index (κ2) is 23.4. The van der Waals surface area contributed by atoms with Gasteiger partial charge in [-0.25, -0.2) is 0 Å². The van der Waals surface area contributed by atoms with Crippen molar-refractivity contribution in [1.82, 2.24) is 47.5 Å². The molecule has 4 bridgehead atoms. The Hall–Kier alpha value is -6.13. The Labute approximate surface area is 369 Å². The number of amides is 10. The number of hydrogen-bond acceptors (Lipinski definition) is 13. The summed E-state index contributed by atoms with van der Waals surface area (Å²) in [7, 11) is 0. The molecule has 0 unspecified atom stereocenters. The molecule has 3 heterocycles.